The van der Waals surface area contributed by atoms with E-state index in [1.807, 2.05) is 16.7 Å². The van der Waals surface area contributed by atoms with Crippen LogP contribution in [0.15, 0.2) is 29.0 Å². The lowest BCUT2D eigenvalue weighted by atomic mass is 10.1. The second-order valence-electron chi connectivity index (χ2n) is 4.65. The van der Waals surface area contributed by atoms with Crippen LogP contribution in [0.2, 0.25) is 0 Å². The molecule has 0 aliphatic heterocycles. The highest BCUT2D eigenvalue weighted by Gasteiger charge is 2.14. The van der Waals surface area contributed by atoms with Crippen molar-refractivity contribution in [2.24, 2.45) is 0 Å². The molecule has 7 heteroatoms. The van der Waals surface area contributed by atoms with Crippen LogP contribution in [0.3, 0.4) is 0 Å². The summed E-state index contributed by atoms with van der Waals surface area (Å²) in [5, 5.41) is 0. The van der Waals surface area contributed by atoms with Gasteiger partial charge in [0, 0.05) is 5.56 Å². The minimum Gasteiger partial charge on any atom is -0.382 e. The second-order valence-corrected chi connectivity index (χ2v) is 5.36. The first kappa shape index (κ1) is 13.7. The van der Waals surface area contributed by atoms with Gasteiger partial charge >= 0.3 is 0 Å². The largest absolute Gasteiger partial charge is 0.382 e. The van der Waals surface area contributed by atoms with Crippen molar-refractivity contribution in [1.82, 2.24) is 19.5 Å². The molecular weight excluding hydrogens is 334 g/mol. The second kappa shape index (κ2) is 5.25. The first-order valence-electron chi connectivity index (χ1n) is 6.28. The Morgan fingerprint density at radius 3 is 2.62 bits per heavy atom. The fourth-order valence-electron chi connectivity index (χ4n) is 2.13. The van der Waals surface area contributed by atoms with Crippen molar-refractivity contribution in [2.75, 3.05) is 5.73 Å². The number of nitrogen functional groups attached to an aromatic ring is 1. The average Bonchev–Trinajstić information content (AvgIpc) is 2.77. The number of imidazole rings is 1. The SMILES string of the molecule is Cc1nc(N)c2nc(Br)n(Cc3ccc(C=O)cc3)c2n1. The third-order valence-electron chi connectivity index (χ3n) is 3.14. The Labute approximate surface area is 129 Å². The molecule has 0 amide bonds. The van der Waals surface area contributed by atoms with E-state index in [9.17, 15) is 4.79 Å². The van der Waals surface area contributed by atoms with Gasteiger partial charge in [0.05, 0.1) is 6.54 Å². The summed E-state index contributed by atoms with van der Waals surface area (Å²) in [4.78, 5) is 23.6. The topological polar surface area (TPSA) is 86.7 Å². The molecule has 0 saturated carbocycles. The van der Waals surface area contributed by atoms with E-state index in [0.717, 1.165) is 11.8 Å². The molecular formula is C14H12BrN5O. The van der Waals surface area contributed by atoms with Gasteiger partial charge in [0.2, 0.25) is 0 Å². The molecule has 0 aliphatic carbocycles. The van der Waals surface area contributed by atoms with Crippen LogP contribution in [0.1, 0.15) is 21.7 Å². The zero-order valence-electron chi connectivity index (χ0n) is 11.2. The smallest absolute Gasteiger partial charge is 0.179 e. The van der Waals surface area contributed by atoms with Crippen LogP contribution >= 0.6 is 15.9 Å². The Balaban J connectivity index is 2.07. The van der Waals surface area contributed by atoms with Crippen molar-refractivity contribution >= 4 is 39.2 Å². The molecule has 6 nitrogen and oxygen atoms in total. The fourth-order valence-corrected chi connectivity index (χ4v) is 2.60. The average molecular weight is 346 g/mol. The molecule has 2 heterocycles. The maximum atomic E-state index is 10.7. The summed E-state index contributed by atoms with van der Waals surface area (Å²) in [6.45, 7) is 2.37. The molecule has 3 aromatic rings. The highest BCUT2D eigenvalue weighted by atomic mass is 79.9. The molecule has 0 bridgehead atoms. The minimum atomic E-state index is 0.369. The monoisotopic (exact) mass is 345 g/mol. The number of nitrogens with zero attached hydrogens (tertiary/aromatic N) is 4. The zero-order valence-corrected chi connectivity index (χ0v) is 12.8. The summed E-state index contributed by atoms with van der Waals surface area (Å²) in [5.41, 5.74) is 8.84. The number of nitrogens with two attached hydrogens (primary N) is 1. The maximum absolute atomic E-state index is 10.7. The van der Waals surface area contributed by atoms with E-state index in [2.05, 4.69) is 30.9 Å². The van der Waals surface area contributed by atoms with Crippen molar-refractivity contribution < 1.29 is 4.79 Å². The van der Waals surface area contributed by atoms with Crippen LogP contribution in [-0.2, 0) is 6.54 Å². The number of aryl methyl sites for hydroxylation is 1. The van der Waals surface area contributed by atoms with Gasteiger partial charge < -0.3 is 5.73 Å². The lowest BCUT2D eigenvalue weighted by Crippen LogP contribution is -2.03. The number of hydrogen-bond donors (Lipinski definition) is 1. The highest BCUT2D eigenvalue weighted by molar-refractivity contribution is 9.10. The van der Waals surface area contributed by atoms with Gasteiger partial charge in [-0.3, -0.25) is 9.36 Å². The van der Waals surface area contributed by atoms with Crippen molar-refractivity contribution in [2.45, 2.75) is 13.5 Å². The van der Waals surface area contributed by atoms with Crippen LogP contribution in [0, 0.1) is 6.92 Å². The standard InChI is InChI=1S/C14H12BrN5O/c1-8-17-12(16)11-13(18-8)20(14(15)19-11)6-9-2-4-10(7-21)5-3-9/h2-5,7H,6H2,1H3,(H2,16,17,18). The van der Waals surface area contributed by atoms with Gasteiger partial charge in [-0.2, -0.15) is 0 Å². The van der Waals surface area contributed by atoms with Crippen LogP contribution in [0.4, 0.5) is 5.82 Å². The summed E-state index contributed by atoms with van der Waals surface area (Å²) in [6, 6.07) is 7.37. The van der Waals surface area contributed by atoms with Gasteiger partial charge in [-0.1, -0.05) is 24.3 Å². The number of carbonyl (C=O) groups is 1. The third-order valence-corrected chi connectivity index (χ3v) is 3.75. The van der Waals surface area contributed by atoms with Crippen molar-refractivity contribution in [3.63, 3.8) is 0 Å². The Morgan fingerprint density at radius 1 is 1.24 bits per heavy atom. The number of rotatable bonds is 3. The predicted octanol–water partition coefficient (Wildman–Crippen LogP) is 2.34. The van der Waals surface area contributed by atoms with Gasteiger partial charge in [-0.25, -0.2) is 15.0 Å². The van der Waals surface area contributed by atoms with Crippen LogP contribution < -0.4 is 5.73 Å². The van der Waals surface area contributed by atoms with Gasteiger partial charge in [-0.15, -0.1) is 0 Å². The number of aldehydes is 1. The van der Waals surface area contributed by atoms with E-state index in [1.165, 1.54) is 0 Å². The molecule has 0 saturated heterocycles. The lowest BCUT2D eigenvalue weighted by molar-refractivity contribution is 0.112. The first-order valence-corrected chi connectivity index (χ1v) is 7.08. The highest BCUT2D eigenvalue weighted by Crippen LogP contribution is 2.23. The Hall–Kier alpha value is -2.28. The van der Waals surface area contributed by atoms with Gasteiger partial charge in [0.1, 0.15) is 12.1 Å². The molecule has 0 unspecified atom stereocenters. The summed E-state index contributed by atoms with van der Waals surface area (Å²) < 4.78 is 2.56. The van der Waals surface area contributed by atoms with Crippen molar-refractivity contribution in [1.29, 1.82) is 0 Å². The molecule has 0 radical (unpaired) electrons. The quantitative estimate of drug-likeness (QED) is 0.581. The van der Waals surface area contributed by atoms with E-state index >= 15 is 0 Å². The molecule has 0 atom stereocenters. The lowest BCUT2D eigenvalue weighted by Gasteiger charge is -2.06. The number of anilines is 1. The Bertz CT molecular complexity index is 825. The fraction of sp³-hybridized carbons (Fsp3) is 0.143. The van der Waals surface area contributed by atoms with E-state index in [1.54, 1.807) is 19.1 Å². The van der Waals surface area contributed by atoms with Gasteiger partial charge in [-0.05, 0) is 28.4 Å². The predicted molar refractivity (Wildman–Crippen MR) is 83.1 cm³/mol. The number of halogens is 1. The number of fused-ring (bicyclic) bond motifs is 1. The van der Waals surface area contributed by atoms with Crippen LogP contribution in [-0.4, -0.2) is 25.8 Å². The minimum absolute atomic E-state index is 0.369. The van der Waals surface area contributed by atoms with Crippen molar-refractivity contribution in [3.05, 3.63) is 46.0 Å². The maximum Gasteiger partial charge on any atom is 0.179 e. The van der Waals surface area contributed by atoms with E-state index < -0.39 is 0 Å². The van der Waals surface area contributed by atoms with E-state index in [-0.39, 0.29) is 0 Å². The number of aromatic nitrogens is 4. The molecule has 2 aromatic heterocycles. The summed E-state index contributed by atoms with van der Waals surface area (Å²) in [5.74, 6) is 0.971. The molecule has 21 heavy (non-hydrogen) atoms. The number of hydrogen-bond acceptors (Lipinski definition) is 5. The molecule has 106 valence electrons. The van der Waals surface area contributed by atoms with E-state index in [4.69, 9.17) is 5.73 Å². The van der Waals surface area contributed by atoms with Crippen LogP contribution in [0.5, 0.6) is 0 Å². The van der Waals surface area contributed by atoms with Crippen LogP contribution in [0.25, 0.3) is 11.2 Å². The van der Waals surface area contributed by atoms with Gasteiger partial charge in [0.25, 0.3) is 0 Å². The third kappa shape index (κ3) is 2.52. The summed E-state index contributed by atoms with van der Waals surface area (Å²) in [6.07, 6.45) is 0.823. The summed E-state index contributed by atoms with van der Waals surface area (Å²) in [7, 11) is 0. The molecule has 0 aliphatic rings. The molecule has 1 aromatic carbocycles. The molecule has 0 fully saturated rings. The number of carbonyl (C=O) groups excluding carboxylic acids is 1. The van der Waals surface area contributed by atoms with E-state index in [0.29, 0.717) is 39.6 Å². The molecule has 3 rings (SSSR count). The number of benzene rings is 1. The zero-order chi connectivity index (χ0) is 15.0. The first-order chi connectivity index (χ1) is 10.1. The van der Waals surface area contributed by atoms with Crippen molar-refractivity contribution in [3.8, 4) is 0 Å². The summed E-state index contributed by atoms with van der Waals surface area (Å²) >= 11 is 3.43. The van der Waals surface area contributed by atoms with Gasteiger partial charge in [0.15, 0.2) is 21.7 Å². The normalized spacial score (nSPS) is 11.0. The Morgan fingerprint density at radius 2 is 1.95 bits per heavy atom. The molecule has 2 N–H and O–H groups in total. The Kier molecular flexibility index (Phi) is 3.42. The molecule has 0 spiro atoms.